The second kappa shape index (κ2) is 9.06. The molecule has 0 amide bonds. The number of benzene rings is 1. The van der Waals surface area contributed by atoms with Crippen molar-refractivity contribution < 1.29 is 14.6 Å². The van der Waals surface area contributed by atoms with Crippen LogP contribution in [0.1, 0.15) is 96.8 Å². The highest BCUT2D eigenvalue weighted by Gasteiger charge is 2.38. The lowest BCUT2D eigenvalue weighted by molar-refractivity contribution is -0.131. The number of carboxylic acids is 1. The van der Waals surface area contributed by atoms with Gasteiger partial charge in [0.25, 0.3) is 0 Å². The van der Waals surface area contributed by atoms with Gasteiger partial charge in [-0.3, -0.25) is 0 Å². The molecule has 3 rings (SSSR count). The third-order valence-corrected chi connectivity index (χ3v) is 6.90. The van der Waals surface area contributed by atoms with Gasteiger partial charge in [-0.2, -0.15) is 0 Å². The standard InChI is InChI=1S/C28H38O3/c1-7-15-31-25-18-24-23(27(3,4)13-14-28(24,5)6)17-22(25)21-10-8-9-20(21)12-11-19(2)16-26(29)30/h11-12,16-18H,7-10,13-15H2,1-6H3,(H,29,30). The van der Waals surface area contributed by atoms with Crippen molar-refractivity contribution in [3.05, 3.63) is 58.2 Å². The molecule has 1 aromatic carbocycles. The number of carbonyl (C=O) groups is 1. The monoisotopic (exact) mass is 422 g/mol. The number of aliphatic carboxylic acids is 1. The summed E-state index contributed by atoms with van der Waals surface area (Å²) in [6.45, 7) is 14.1. The lowest BCUT2D eigenvalue weighted by Crippen LogP contribution is -2.34. The van der Waals surface area contributed by atoms with Crippen LogP contribution in [0.2, 0.25) is 0 Å². The van der Waals surface area contributed by atoms with Crippen LogP contribution in [0.3, 0.4) is 0 Å². The molecule has 0 radical (unpaired) electrons. The van der Waals surface area contributed by atoms with Gasteiger partial charge in [-0.25, -0.2) is 4.79 Å². The molecule has 0 aliphatic heterocycles. The lowest BCUT2D eigenvalue weighted by atomic mass is 9.62. The van der Waals surface area contributed by atoms with Crippen LogP contribution >= 0.6 is 0 Å². The molecule has 0 atom stereocenters. The molecule has 0 fully saturated rings. The van der Waals surface area contributed by atoms with Crippen molar-refractivity contribution in [1.29, 1.82) is 0 Å². The van der Waals surface area contributed by atoms with E-state index >= 15 is 0 Å². The Labute approximate surface area is 187 Å². The smallest absolute Gasteiger partial charge is 0.328 e. The van der Waals surface area contributed by atoms with Crippen LogP contribution in [0.15, 0.2) is 41.5 Å². The molecule has 0 unspecified atom stereocenters. The zero-order chi connectivity index (χ0) is 22.8. The van der Waals surface area contributed by atoms with Crippen LogP contribution in [-0.2, 0) is 15.6 Å². The SMILES string of the molecule is CCCOc1cc2c(cc1C1=C(C=CC(C)=CC(=O)O)CCC1)C(C)(C)CCC2(C)C. The Hall–Kier alpha value is -2.29. The summed E-state index contributed by atoms with van der Waals surface area (Å²) in [5.41, 5.74) is 7.82. The van der Waals surface area contributed by atoms with E-state index < -0.39 is 5.97 Å². The molecule has 0 saturated heterocycles. The minimum absolute atomic E-state index is 0.152. The summed E-state index contributed by atoms with van der Waals surface area (Å²) >= 11 is 0. The van der Waals surface area contributed by atoms with Crippen LogP contribution in [0.4, 0.5) is 0 Å². The maximum Gasteiger partial charge on any atom is 0.328 e. The molecule has 168 valence electrons. The van der Waals surface area contributed by atoms with E-state index in [2.05, 4.69) is 52.8 Å². The summed E-state index contributed by atoms with van der Waals surface area (Å²) in [6, 6.07) is 4.74. The quantitative estimate of drug-likeness (QED) is 0.369. The molecule has 1 aromatic rings. The molecular formula is C28H38O3. The van der Waals surface area contributed by atoms with E-state index in [4.69, 9.17) is 9.84 Å². The van der Waals surface area contributed by atoms with Crippen molar-refractivity contribution in [2.45, 2.75) is 90.9 Å². The van der Waals surface area contributed by atoms with E-state index in [0.717, 1.165) is 37.0 Å². The molecule has 0 spiro atoms. The van der Waals surface area contributed by atoms with E-state index in [-0.39, 0.29) is 10.8 Å². The predicted molar refractivity (Wildman–Crippen MR) is 129 cm³/mol. The summed E-state index contributed by atoms with van der Waals surface area (Å²) in [4.78, 5) is 10.9. The van der Waals surface area contributed by atoms with Gasteiger partial charge in [0.2, 0.25) is 0 Å². The number of ether oxygens (including phenoxy) is 1. The van der Waals surface area contributed by atoms with Gasteiger partial charge in [-0.15, -0.1) is 0 Å². The van der Waals surface area contributed by atoms with E-state index in [1.807, 2.05) is 13.0 Å². The molecule has 31 heavy (non-hydrogen) atoms. The maximum absolute atomic E-state index is 10.9. The van der Waals surface area contributed by atoms with Gasteiger partial charge in [-0.1, -0.05) is 46.8 Å². The van der Waals surface area contributed by atoms with Gasteiger partial charge < -0.3 is 9.84 Å². The summed E-state index contributed by atoms with van der Waals surface area (Å²) in [6.07, 6.45) is 11.8. The molecular weight excluding hydrogens is 384 g/mol. The zero-order valence-electron chi connectivity index (χ0n) is 20.1. The van der Waals surface area contributed by atoms with Crippen molar-refractivity contribution in [3.63, 3.8) is 0 Å². The third-order valence-electron chi connectivity index (χ3n) is 6.90. The van der Waals surface area contributed by atoms with Crippen LogP contribution in [0, 0.1) is 0 Å². The van der Waals surface area contributed by atoms with Gasteiger partial charge >= 0.3 is 5.97 Å². The lowest BCUT2D eigenvalue weighted by Gasteiger charge is -2.42. The molecule has 0 saturated carbocycles. The molecule has 0 bridgehead atoms. The van der Waals surface area contributed by atoms with Crippen molar-refractivity contribution in [3.8, 4) is 5.75 Å². The van der Waals surface area contributed by atoms with E-state index in [0.29, 0.717) is 6.61 Å². The maximum atomic E-state index is 10.9. The van der Waals surface area contributed by atoms with Crippen molar-refractivity contribution in [2.75, 3.05) is 6.61 Å². The van der Waals surface area contributed by atoms with Gasteiger partial charge in [0.05, 0.1) is 6.61 Å². The summed E-state index contributed by atoms with van der Waals surface area (Å²) in [5, 5.41) is 8.99. The molecule has 2 aliphatic rings. The fourth-order valence-corrected chi connectivity index (χ4v) is 4.89. The highest BCUT2D eigenvalue weighted by molar-refractivity contribution is 5.81. The number of rotatable bonds is 7. The largest absolute Gasteiger partial charge is 0.493 e. The molecule has 0 heterocycles. The fraction of sp³-hybridized carbons (Fsp3) is 0.536. The van der Waals surface area contributed by atoms with Gasteiger partial charge in [0.1, 0.15) is 5.75 Å². The Kier molecular flexibility index (Phi) is 6.83. The zero-order valence-corrected chi connectivity index (χ0v) is 20.1. The Morgan fingerprint density at radius 2 is 1.74 bits per heavy atom. The molecule has 2 aliphatic carbocycles. The normalized spacial score (nSPS) is 20.3. The first kappa shape index (κ1) is 23.4. The van der Waals surface area contributed by atoms with Gasteiger partial charge in [0, 0.05) is 11.6 Å². The number of carboxylic acid groups (broad SMARTS) is 1. The Bertz CT molecular complexity index is 941. The molecule has 3 nitrogen and oxygen atoms in total. The Morgan fingerprint density at radius 3 is 2.35 bits per heavy atom. The second-order valence-electron chi connectivity index (χ2n) is 10.4. The predicted octanol–water partition coefficient (Wildman–Crippen LogP) is 7.35. The second-order valence-corrected chi connectivity index (χ2v) is 10.4. The average Bonchev–Trinajstić information content (AvgIpc) is 3.16. The first-order valence-electron chi connectivity index (χ1n) is 11.7. The average molecular weight is 423 g/mol. The first-order chi connectivity index (χ1) is 14.5. The van der Waals surface area contributed by atoms with Crippen molar-refractivity contribution in [1.82, 2.24) is 0 Å². The minimum Gasteiger partial charge on any atom is -0.493 e. The van der Waals surface area contributed by atoms with Gasteiger partial charge in [-0.05, 0) is 96.3 Å². The van der Waals surface area contributed by atoms with Crippen LogP contribution in [0.5, 0.6) is 5.75 Å². The van der Waals surface area contributed by atoms with Gasteiger partial charge in [0.15, 0.2) is 0 Å². The topological polar surface area (TPSA) is 46.5 Å². The molecule has 3 heteroatoms. The number of fused-ring (bicyclic) bond motifs is 1. The van der Waals surface area contributed by atoms with E-state index in [1.165, 1.54) is 46.8 Å². The summed E-state index contributed by atoms with van der Waals surface area (Å²) in [7, 11) is 0. The summed E-state index contributed by atoms with van der Waals surface area (Å²) in [5.74, 6) is 0.101. The van der Waals surface area contributed by atoms with Crippen molar-refractivity contribution >= 4 is 11.5 Å². The number of hydrogen-bond donors (Lipinski definition) is 1. The van der Waals surface area contributed by atoms with E-state index in [9.17, 15) is 4.79 Å². The number of hydrogen-bond acceptors (Lipinski definition) is 2. The number of allylic oxidation sites excluding steroid dienone is 5. The summed E-state index contributed by atoms with van der Waals surface area (Å²) < 4.78 is 6.31. The van der Waals surface area contributed by atoms with Crippen LogP contribution < -0.4 is 4.74 Å². The highest BCUT2D eigenvalue weighted by atomic mass is 16.5. The van der Waals surface area contributed by atoms with E-state index in [1.54, 1.807) is 0 Å². The minimum atomic E-state index is -0.905. The molecule has 0 aromatic heterocycles. The first-order valence-corrected chi connectivity index (χ1v) is 11.7. The highest BCUT2D eigenvalue weighted by Crippen LogP contribution is 2.50. The van der Waals surface area contributed by atoms with Crippen LogP contribution in [0.25, 0.3) is 5.57 Å². The Balaban J connectivity index is 2.14. The van der Waals surface area contributed by atoms with Crippen molar-refractivity contribution in [2.24, 2.45) is 0 Å². The van der Waals surface area contributed by atoms with Crippen LogP contribution in [-0.4, -0.2) is 17.7 Å². The Morgan fingerprint density at radius 1 is 1.10 bits per heavy atom. The third kappa shape index (κ3) is 5.14. The molecule has 1 N–H and O–H groups in total. The fourth-order valence-electron chi connectivity index (χ4n) is 4.89.